The normalized spacial score (nSPS) is 18.1. The number of H-pyrrole nitrogens is 1. The molecule has 3 heterocycles. The first-order valence-corrected chi connectivity index (χ1v) is 11.6. The molecule has 10 heteroatoms. The molecule has 174 valence electrons. The number of aromatic amines is 1. The molecule has 2 unspecified atom stereocenters. The predicted molar refractivity (Wildman–Crippen MR) is 132 cm³/mol. The third-order valence-corrected chi connectivity index (χ3v) is 6.46. The maximum Gasteiger partial charge on any atom is 0.287 e. The van der Waals surface area contributed by atoms with E-state index in [1.165, 1.54) is 12.3 Å². The van der Waals surface area contributed by atoms with Crippen molar-refractivity contribution < 1.29 is 4.92 Å². The summed E-state index contributed by atoms with van der Waals surface area (Å²) in [6.07, 6.45) is 8.95. The summed E-state index contributed by atoms with van der Waals surface area (Å²) in [6.45, 7) is 0.567. The fourth-order valence-electron chi connectivity index (χ4n) is 4.46. The summed E-state index contributed by atoms with van der Waals surface area (Å²) in [6, 6.07) is 11.8. The molecule has 0 radical (unpaired) electrons. The van der Waals surface area contributed by atoms with E-state index in [1.807, 2.05) is 30.5 Å². The highest BCUT2D eigenvalue weighted by Gasteiger charge is 2.23. The van der Waals surface area contributed by atoms with Gasteiger partial charge in [-0.15, -0.1) is 0 Å². The van der Waals surface area contributed by atoms with E-state index in [9.17, 15) is 10.1 Å². The van der Waals surface area contributed by atoms with E-state index >= 15 is 0 Å². The van der Waals surface area contributed by atoms with Crippen LogP contribution in [0.2, 0.25) is 5.02 Å². The molecule has 9 nitrogen and oxygen atoms in total. The molecule has 1 aliphatic rings. The van der Waals surface area contributed by atoms with E-state index in [0.717, 1.165) is 47.8 Å². The minimum Gasteiger partial charge on any atom is -0.360 e. The molecule has 1 fully saturated rings. The molecule has 0 spiro atoms. The summed E-state index contributed by atoms with van der Waals surface area (Å²) in [4.78, 5) is 27.0. The molecule has 5 rings (SSSR count). The van der Waals surface area contributed by atoms with Crippen LogP contribution in [0, 0.1) is 10.1 Å². The number of benzene rings is 1. The van der Waals surface area contributed by atoms with E-state index in [-0.39, 0.29) is 11.7 Å². The Labute approximate surface area is 201 Å². The first-order valence-electron chi connectivity index (χ1n) is 11.2. The molecule has 3 N–H and O–H groups in total. The van der Waals surface area contributed by atoms with E-state index in [4.69, 9.17) is 16.6 Å². The van der Waals surface area contributed by atoms with Crippen LogP contribution >= 0.6 is 11.6 Å². The fourth-order valence-corrected chi connectivity index (χ4v) is 4.65. The Morgan fingerprint density at radius 3 is 2.79 bits per heavy atom. The number of para-hydroxylation sites is 1. The van der Waals surface area contributed by atoms with Crippen LogP contribution in [0.25, 0.3) is 22.2 Å². The third-order valence-electron chi connectivity index (χ3n) is 6.19. The highest BCUT2D eigenvalue weighted by Crippen LogP contribution is 2.32. The molecule has 2 atom stereocenters. The first-order chi connectivity index (χ1) is 16.6. The van der Waals surface area contributed by atoms with Crippen LogP contribution in [-0.2, 0) is 6.54 Å². The van der Waals surface area contributed by atoms with Crippen LogP contribution in [0.15, 0.2) is 55.0 Å². The van der Waals surface area contributed by atoms with E-state index < -0.39 is 4.92 Å². The molecule has 3 aromatic heterocycles. The Morgan fingerprint density at radius 2 is 1.97 bits per heavy atom. The lowest BCUT2D eigenvalue weighted by Gasteiger charge is -2.30. The Kier molecular flexibility index (Phi) is 6.37. The average Bonchev–Trinajstić information content (AvgIpc) is 3.28. The summed E-state index contributed by atoms with van der Waals surface area (Å²) in [7, 11) is 0. The zero-order chi connectivity index (χ0) is 23.5. The largest absolute Gasteiger partial charge is 0.360 e. The lowest BCUT2D eigenvalue weighted by molar-refractivity contribution is -0.385. The first kappa shape index (κ1) is 22.2. The van der Waals surface area contributed by atoms with Gasteiger partial charge < -0.3 is 15.6 Å². The number of hydrogen-bond donors (Lipinski definition) is 3. The van der Waals surface area contributed by atoms with Gasteiger partial charge in [0.25, 0.3) is 5.69 Å². The fraction of sp³-hybridized carbons (Fsp3) is 0.292. The summed E-state index contributed by atoms with van der Waals surface area (Å²) in [5.41, 5.74) is 3.47. The summed E-state index contributed by atoms with van der Waals surface area (Å²) in [5.74, 6) is 0.562. The number of pyridine rings is 1. The van der Waals surface area contributed by atoms with Gasteiger partial charge in [-0.3, -0.25) is 15.1 Å². The Morgan fingerprint density at radius 1 is 1.12 bits per heavy atom. The zero-order valence-electron chi connectivity index (χ0n) is 18.4. The average molecular weight is 478 g/mol. The van der Waals surface area contributed by atoms with Gasteiger partial charge in [-0.05, 0) is 37.8 Å². The number of nitrogens with one attached hydrogen (secondary N) is 3. The number of fused-ring (bicyclic) bond motifs is 1. The van der Waals surface area contributed by atoms with Crippen molar-refractivity contribution in [2.24, 2.45) is 0 Å². The van der Waals surface area contributed by atoms with E-state index in [0.29, 0.717) is 29.3 Å². The molecule has 4 aromatic rings. The lowest BCUT2D eigenvalue weighted by Crippen LogP contribution is -2.39. The molecule has 1 aromatic carbocycles. The van der Waals surface area contributed by atoms with Gasteiger partial charge in [0.2, 0.25) is 5.95 Å². The number of nitro groups is 1. The molecule has 0 amide bonds. The van der Waals surface area contributed by atoms with Crippen LogP contribution in [0.1, 0.15) is 31.4 Å². The van der Waals surface area contributed by atoms with Crippen molar-refractivity contribution in [3.63, 3.8) is 0 Å². The number of nitrogens with zero attached hydrogens (tertiary/aromatic N) is 4. The standard InChI is InChI=1S/C24H24ClN7O2/c25-21-14-29-24(31-23(21)20-13-28-22-7-2-1-6-19(20)22)30-16-5-3-4-15(10-16)26-11-17-8-9-18(12-27-17)32(33)34/h1-2,6-9,12-16,26,28H,3-5,10-11H2,(H,29,30,31). The number of hydrogen-bond acceptors (Lipinski definition) is 7. The minimum atomic E-state index is -0.440. The highest BCUT2D eigenvalue weighted by atomic mass is 35.5. The Balaban J connectivity index is 1.24. The van der Waals surface area contributed by atoms with Gasteiger partial charge in [0.15, 0.2) is 0 Å². The molecule has 0 saturated heterocycles. The predicted octanol–water partition coefficient (Wildman–Crippen LogP) is 5.09. The summed E-state index contributed by atoms with van der Waals surface area (Å²) in [5, 5.41) is 19.4. The highest BCUT2D eigenvalue weighted by molar-refractivity contribution is 6.33. The quantitative estimate of drug-likeness (QED) is 0.250. The van der Waals surface area contributed by atoms with Gasteiger partial charge in [-0.25, -0.2) is 9.97 Å². The summed E-state index contributed by atoms with van der Waals surface area (Å²) >= 11 is 6.46. The molecule has 1 saturated carbocycles. The third kappa shape index (κ3) is 4.85. The van der Waals surface area contributed by atoms with Gasteiger partial charge in [0.05, 0.1) is 27.5 Å². The number of rotatable bonds is 7. The molecule has 0 aliphatic heterocycles. The van der Waals surface area contributed by atoms with Crippen LogP contribution in [0.3, 0.4) is 0 Å². The molecule has 1 aliphatic carbocycles. The van der Waals surface area contributed by atoms with Crippen molar-refractivity contribution in [2.45, 2.75) is 44.3 Å². The Hall–Kier alpha value is -3.56. The topological polar surface area (TPSA) is 122 Å². The van der Waals surface area contributed by atoms with Crippen molar-refractivity contribution in [1.29, 1.82) is 0 Å². The van der Waals surface area contributed by atoms with Crippen molar-refractivity contribution in [3.05, 3.63) is 75.8 Å². The van der Waals surface area contributed by atoms with E-state index in [1.54, 1.807) is 12.3 Å². The van der Waals surface area contributed by atoms with Gasteiger partial charge >= 0.3 is 0 Å². The van der Waals surface area contributed by atoms with Crippen LogP contribution in [0.5, 0.6) is 0 Å². The molecule has 0 bridgehead atoms. The van der Waals surface area contributed by atoms with Gasteiger partial charge in [-0.2, -0.15) is 0 Å². The number of aromatic nitrogens is 4. The second-order valence-electron chi connectivity index (χ2n) is 8.49. The van der Waals surface area contributed by atoms with Crippen molar-refractivity contribution in [2.75, 3.05) is 5.32 Å². The van der Waals surface area contributed by atoms with Crippen LogP contribution in [-0.4, -0.2) is 36.9 Å². The van der Waals surface area contributed by atoms with Gasteiger partial charge in [0, 0.05) is 47.4 Å². The number of halogens is 1. The van der Waals surface area contributed by atoms with Gasteiger partial charge in [0.1, 0.15) is 6.20 Å². The van der Waals surface area contributed by atoms with Crippen LogP contribution < -0.4 is 10.6 Å². The minimum absolute atomic E-state index is 0.000603. The molecular weight excluding hydrogens is 454 g/mol. The Bertz CT molecular complexity index is 1310. The van der Waals surface area contributed by atoms with Crippen LogP contribution in [0.4, 0.5) is 11.6 Å². The maximum absolute atomic E-state index is 10.8. The second-order valence-corrected chi connectivity index (χ2v) is 8.90. The van der Waals surface area contributed by atoms with Crippen molar-refractivity contribution >= 4 is 34.1 Å². The van der Waals surface area contributed by atoms with Crippen molar-refractivity contribution in [3.8, 4) is 11.3 Å². The maximum atomic E-state index is 10.8. The number of anilines is 1. The summed E-state index contributed by atoms with van der Waals surface area (Å²) < 4.78 is 0. The SMILES string of the molecule is O=[N+]([O-])c1ccc(CNC2CCCC(Nc3ncc(Cl)c(-c4c[nH]c5ccccc45)n3)C2)nc1. The smallest absolute Gasteiger partial charge is 0.287 e. The molecule has 34 heavy (non-hydrogen) atoms. The van der Waals surface area contributed by atoms with Gasteiger partial charge in [-0.1, -0.05) is 29.8 Å². The van der Waals surface area contributed by atoms with Crippen molar-refractivity contribution in [1.82, 2.24) is 25.3 Å². The second kappa shape index (κ2) is 9.74. The molecular formula is C24H24ClN7O2. The lowest BCUT2D eigenvalue weighted by atomic mass is 9.91. The van der Waals surface area contributed by atoms with E-state index in [2.05, 4.69) is 25.6 Å². The zero-order valence-corrected chi connectivity index (χ0v) is 19.1. The monoisotopic (exact) mass is 477 g/mol.